The van der Waals surface area contributed by atoms with Gasteiger partial charge in [-0.1, -0.05) is 29.8 Å². The quantitative estimate of drug-likeness (QED) is 0.749. The number of carbonyl (C=O) groups excluding carboxylic acids is 1. The molecule has 0 aliphatic carbocycles. The Morgan fingerprint density at radius 3 is 2.44 bits per heavy atom. The van der Waals surface area contributed by atoms with Crippen LogP contribution in [0.25, 0.3) is 0 Å². The van der Waals surface area contributed by atoms with Crippen molar-refractivity contribution >= 4 is 6.03 Å². The fraction of sp³-hybridized carbons (Fsp3) is 0.500. The second-order valence-corrected chi connectivity index (χ2v) is 4.67. The summed E-state index contributed by atoms with van der Waals surface area (Å²) < 4.78 is 0. The van der Waals surface area contributed by atoms with Gasteiger partial charge in [-0.15, -0.1) is 0 Å². The molecule has 1 aromatic rings. The number of amides is 2. The van der Waals surface area contributed by atoms with Crippen LogP contribution in [0, 0.1) is 6.92 Å². The monoisotopic (exact) mass is 250 g/mol. The molecule has 1 aromatic carbocycles. The van der Waals surface area contributed by atoms with Crippen molar-refractivity contribution in [3.63, 3.8) is 0 Å². The van der Waals surface area contributed by atoms with E-state index < -0.39 is 0 Å². The summed E-state index contributed by atoms with van der Waals surface area (Å²) in [5.41, 5.74) is 2.28. The first-order valence-electron chi connectivity index (χ1n) is 6.28. The Morgan fingerprint density at radius 2 is 1.89 bits per heavy atom. The van der Waals surface area contributed by atoms with Gasteiger partial charge in [-0.25, -0.2) is 4.79 Å². The van der Waals surface area contributed by atoms with Crippen LogP contribution in [-0.4, -0.2) is 23.8 Å². The lowest BCUT2D eigenvalue weighted by molar-refractivity contribution is 0.183. The highest BCUT2D eigenvalue weighted by molar-refractivity contribution is 5.74. The second kappa shape index (κ2) is 7.01. The average Bonchev–Trinajstić information content (AvgIpc) is 2.29. The molecule has 0 aromatic heterocycles. The number of benzene rings is 1. The van der Waals surface area contributed by atoms with E-state index in [4.69, 9.17) is 5.11 Å². The van der Waals surface area contributed by atoms with Crippen LogP contribution in [0.5, 0.6) is 0 Å². The van der Waals surface area contributed by atoms with E-state index >= 15 is 0 Å². The molecule has 0 spiro atoms. The first kappa shape index (κ1) is 14.5. The predicted molar refractivity (Wildman–Crippen MR) is 72.4 cm³/mol. The number of carbonyl (C=O) groups is 1. The third-order valence-electron chi connectivity index (χ3n) is 2.77. The lowest BCUT2D eigenvalue weighted by atomic mass is 10.1. The van der Waals surface area contributed by atoms with Crippen molar-refractivity contribution in [2.24, 2.45) is 0 Å². The Kier molecular flexibility index (Phi) is 5.65. The summed E-state index contributed by atoms with van der Waals surface area (Å²) in [6.07, 6.45) is 0.173. The Labute approximate surface area is 108 Å². The van der Waals surface area contributed by atoms with Crippen molar-refractivity contribution in [1.82, 2.24) is 10.6 Å². The van der Waals surface area contributed by atoms with Crippen LogP contribution in [-0.2, 0) is 0 Å². The maximum Gasteiger partial charge on any atom is 0.315 e. The van der Waals surface area contributed by atoms with Crippen LogP contribution in [0.1, 0.15) is 37.4 Å². The Morgan fingerprint density at radius 1 is 1.28 bits per heavy atom. The molecule has 4 heteroatoms. The van der Waals surface area contributed by atoms with Gasteiger partial charge in [0.05, 0.1) is 12.1 Å². The molecule has 0 saturated heterocycles. The normalized spacial score (nSPS) is 13.8. The van der Waals surface area contributed by atoms with E-state index in [0.29, 0.717) is 13.0 Å². The van der Waals surface area contributed by atoms with Crippen molar-refractivity contribution < 1.29 is 9.90 Å². The third-order valence-corrected chi connectivity index (χ3v) is 2.77. The second-order valence-electron chi connectivity index (χ2n) is 4.67. The zero-order valence-electron chi connectivity index (χ0n) is 11.2. The molecule has 0 aliphatic heterocycles. The highest BCUT2D eigenvalue weighted by atomic mass is 16.3. The van der Waals surface area contributed by atoms with Crippen molar-refractivity contribution in [2.45, 2.75) is 39.3 Å². The van der Waals surface area contributed by atoms with Gasteiger partial charge in [-0.05, 0) is 32.8 Å². The smallest absolute Gasteiger partial charge is 0.315 e. The topological polar surface area (TPSA) is 61.4 Å². The molecule has 0 radical (unpaired) electrons. The van der Waals surface area contributed by atoms with Crippen molar-refractivity contribution in [3.05, 3.63) is 35.4 Å². The molecule has 0 heterocycles. The number of nitrogens with one attached hydrogen (secondary N) is 2. The minimum Gasteiger partial charge on any atom is -0.393 e. The maximum absolute atomic E-state index is 11.6. The first-order valence-corrected chi connectivity index (χ1v) is 6.28. The summed E-state index contributed by atoms with van der Waals surface area (Å²) >= 11 is 0. The van der Waals surface area contributed by atoms with E-state index in [2.05, 4.69) is 10.6 Å². The molecule has 0 bridgehead atoms. The van der Waals surface area contributed by atoms with E-state index in [-0.39, 0.29) is 18.2 Å². The number of hydrogen-bond acceptors (Lipinski definition) is 2. The van der Waals surface area contributed by atoms with Gasteiger partial charge < -0.3 is 15.7 Å². The van der Waals surface area contributed by atoms with Crippen molar-refractivity contribution in [3.8, 4) is 0 Å². The summed E-state index contributed by atoms with van der Waals surface area (Å²) in [4.78, 5) is 11.6. The maximum atomic E-state index is 11.6. The van der Waals surface area contributed by atoms with Crippen molar-refractivity contribution in [2.75, 3.05) is 6.54 Å². The molecule has 18 heavy (non-hydrogen) atoms. The number of urea groups is 1. The predicted octanol–water partition coefficient (Wildman–Crippen LogP) is 2.13. The molecule has 2 unspecified atom stereocenters. The summed E-state index contributed by atoms with van der Waals surface area (Å²) in [5.74, 6) is 0. The van der Waals surface area contributed by atoms with E-state index in [9.17, 15) is 4.79 Å². The van der Waals surface area contributed by atoms with Gasteiger partial charge in [0, 0.05) is 6.54 Å². The summed E-state index contributed by atoms with van der Waals surface area (Å²) in [6.45, 7) is 6.15. The zero-order chi connectivity index (χ0) is 13.5. The van der Waals surface area contributed by atoms with Gasteiger partial charge in [0.1, 0.15) is 0 Å². The molecule has 0 saturated carbocycles. The lowest BCUT2D eigenvalue weighted by Gasteiger charge is -2.15. The number of aliphatic hydroxyl groups excluding tert-OH is 1. The van der Waals surface area contributed by atoms with E-state index in [0.717, 1.165) is 5.56 Å². The molecule has 0 fully saturated rings. The Balaban J connectivity index is 2.37. The number of aryl methyl sites for hydroxylation is 1. The molecule has 1 rings (SSSR count). The minimum atomic E-state index is -0.389. The van der Waals surface area contributed by atoms with Gasteiger partial charge >= 0.3 is 6.03 Å². The highest BCUT2D eigenvalue weighted by Crippen LogP contribution is 2.12. The molecular formula is C14H22N2O2. The van der Waals surface area contributed by atoms with Crippen LogP contribution in [0.2, 0.25) is 0 Å². The van der Waals surface area contributed by atoms with E-state index in [1.165, 1.54) is 5.56 Å². The van der Waals surface area contributed by atoms with Crippen LogP contribution in [0.4, 0.5) is 4.79 Å². The SMILES string of the molecule is Cc1ccc(C(C)NC(=O)NCCC(C)O)cc1. The van der Waals surface area contributed by atoms with Crippen LogP contribution in [0.15, 0.2) is 24.3 Å². The van der Waals surface area contributed by atoms with Gasteiger partial charge in [0.2, 0.25) is 0 Å². The standard InChI is InChI=1S/C14H22N2O2/c1-10-4-6-13(7-5-10)12(3)16-14(18)15-9-8-11(2)17/h4-7,11-12,17H,8-9H2,1-3H3,(H2,15,16,18). The number of aliphatic hydroxyl groups is 1. The van der Waals surface area contributed by atoms with E-state index in [1.54, 1.807) is 6.92 Å². The third kappa shape index (κ3) is 5.19. The van der Waals surface area contributed by atoms with Gasteiger partial charge in [0.15, 0.2) is 0 Å². The van der Waals surface area contributed by atoms with Crippen LogP contribution < -0.4 is 10.6 Å². The fourth-order valence-corrected chi connectivity index (χ4v) is 1.58. The summed E-state index contributed by atoms with van der Waals surface area (Å²) in [7, 11) is 0. The Hall–Kier alpha value is -1.55. The molecular weight excluding hydrogens is 228 g/mol. The summed E-state index contributed by atoms with van der Waals surface area (Å²) in [6, 6.07) is 7.84. The first-order chi connectivity index (χ1) is 8.49. The lowest BCUT2D eigenvalue weighted by Crippen LogP contribution is -2.38. The summed E-state index contributed by atoms with van der Waals surface area (Å²) in [5, 5.41) is 14.7. The largest absolute Gasteiger partial charge is 0.393 e. The molecule has 100 valence electrons. The van der Waals surface area contributed by atoms with Crippen LogP contribution >= 0.6 is 0 Å². The van der Waals surface area contributed by atoms with Gasteiger partial charge in [-0.2, -0.15) is 0 Å². The molecule has 2 atom stereocenters. The number of rotatable bonds is 5. The van der Waals surface area contributed by atoms with Gasteiger partial charge in [-0.3, -0.25) is 0 Å². The fourth-order valence-electron chi connectivity index (χ4n) is 1.58. The number of hydrogen-bond donors (Lipinski definition) is 3. The van der Waals surface area contributed by atoms with Crippen LogP contribution in [0.3, 0.4) is 0 Å². The molecule has 2 amide bonds. The zero-order valence-corrected chi connectivity index (χ0v) is 11.2. The average molecular weight is 250 g/mol. The van der Waals surface area contributed by atoms with Crippen molar-refractivity contribution in [1.29, 1.82) is 0 Å². The molecule has 4 nitrogen and oxygen atoms in total. The highest BCUT2D eigenvalue weighted by Gasteiger charge is 2.08. The minimum absolute atomic E-state index is 0.0304. The Bertz CT molecular complexity index is 374. The van der Waals surface area contributed by atoms with E-state index in [1.807, 2.05) is 38.1 Å². The molecule has 3 N–H and O–H groups in total. The molecule has 0 aliphatic rings. The van der Waals surface area contributed by atoms with Gasteiger partial charge in [0.25, 0.3) is 0 Å².